The minimum atomic E-state index is -2.85. The Balaban J connectivity index is 1.79. The summed E-state index contributed by atoms with van der Waals surface area (Å²) in [5, 5.41) is 25.7. The van der Waals surface area contributed by atoms with E-state index in [1.807, 2.05) is 72.8 Å². The molecular formula is C27H29N5O5P+. The monoisotopic (exact) mass is 534 g/mol. The third-order valence-electron chi connectivity index (χ3n) is 5.51. The van der Waals surface area contributed by atoms with Gasteiger partial charge in [-0.1, -0.05) is 6.07 Å². The zero-order chi connectivity index (χ0) is 27.0. The summed E-state index contributed by atoms with van der Waals surface area (Å²) in [4.78, 5) is 11.1. The average Bonchev–Trinajstić information content (AvgIpc) is 2.94. The molecule has 0 atom stereocenters. The van der Waals surface area contributed by atoms with Crippen LogP contribution >= 0.6 is 7.87 Å². The Morgan fingerprint density at radius 2 is 0.947 bits per heavy atom. The quantitative estimate of drug-likeness (QED) is 0.0861. The summed E-state index contributed by atoms with van der Waals surface area (Å²) in [5.41, 5.74) is 2.90. The first-order valence-electron chi connectivity index (χ1n) is 11.6. The van der Waals surface area contributed by atoms with Crippen molar-refractivity contribution in [1.82, 2.24) is 0 Å². The molecule has 0 spiro atoms. The van der Waals surface area contributed by atoms with Crippen molar-refractivity contribution in [3.63, 3.8) is 0 Å². The van der Waals surface area contributed by atoms with Crippen LogP contribution in [0.3, 0.4) is 0 Å². The smallest absolute Gasteiger partial charge is 0.395 e. The van der Waals surface area contributed by atoms with Crippen molar-refractivity contribution in [1.29, 1.82) is 0 Å². The predicted octanol–water partition coefficient (Wildman–Crippen LogP) is 7.05. The van der Waals surface area contributed by atoms with Gasteiger partial charge in [-0.05, 0) is 78.9 Å². The van der Waals surface area contributed by atoms with E-state index in [1.54, 1.807) is 33.5 Å². The SMILES string of the molecule is COc1ccc(N[P+](Nc2ccc(OC)cc2)(Nc2ccc(OC)cc2)Nc2cccc([N+](=O)[O-])c2)cc1. The maximum Gasteiger partial charge on any atom is 0.395 e. The van der Waals surface area contributed by atoms with Gasteiger partial charge in [-0.25, -0.2) is 20.3 Å². The Bertz CT molecular complexity index is 1230. The van der Waals surface area contributed by atoms with E-state index in [2.05, 4.69) is 20.3 Å². The van der Waals surface area contributed by atoms with Crippen LogP contribution in [-0.2, 0) is 0 Å². The zero-order valence-corrected chi connectivity index (χ0v) is 22.1. The molecule has 0 aliphatic heterocycles. The predicted molar refractivity (Wildman–Crippen MR) is 153 cm³/mol. The number of benzene rings is 4. The molecule has 0 saturated carbocycles. The lowest BCUT2D eigenvalue weighted by Gasteiger charge is -2.29. The second-order valence-corrected chi connectivity index (χ2v) is 10.3. The number of nitrogens with zero attached hydrogens (tertiary/aromatic N) is 1. The van der Waals surface area contributed by atoms with E-state index in [0.29, 0.717) is 5.69 Å². The standard InChI is InChI=1S/C27H29N5O5P/c1-35-25-13-7-20(8-14-25)28-38(29-21-9-15-26(36-2)16-10-21,30-22-11-17-27(37-3)18-12-22)31-23-5-4-6-24(19-23)32(33)34/h4-19,28-31H,1-3H3/q+1. The number of anilines is 4. The Kier molecular flexibility index (Phi) is 8.35. The Labute approximate surface area is 221 Å². The van der Waals surface area contributed by atoms with Gasteiger partial charge in [0.15, 0.2) is 0 Å². The largest absolute Gasteiger partial charge is 0.497 e. The fourth-order valence-corrected chi connectivity index (χ4v) is 6.10. The third kappa shape index (κ3) is 6.74. The van der Waals surface area contributed by atoms with Crippen LogP contribution in [0.25, 0.3) is 0 Å². The lowest BCUT2D eigenvalue weighted by atomic mass is 10.3. The summed E-state index contributed by atoms with van der Waals surface area (Å²) in [6.07, 6.45) is 0. The van der Waals surface area contributed by atoms with Crippen molar-refractivity contribution in [2.45, 2.75) is 0 Å². The number of ether oxygens (including phenoxy) is 3. The van der Waals surface area contributed by atoms with E-state index in [1.165, 1.54) is 12.1 Å². The normalized spacial score (nSPS) is 10.7. The highest BCUT2D eigenvalue weighted by molar-refractivity contribution is 7.81. The molecule has 4 rings (SSSR count). The molecule has 0 aliphatic carbocycles. The van der Waals surface area contributed by atoms with E-state index < -0.39 is 12.8 Å². The van der Waals surface area contributed by atoms with Crippen LogP contribution in [0, 0.1) is 10.1 Å². The molecular weight excluding hydrogens is 505 g/mol. The molecule has 0 aliphatic rings. The fraction of sp³-hybridized carbons (Fsp3) is 0.111. The Morgan fingerprint density at radius 3 is 1.29 bits per heavy atom. The topological polar surface area (TPSA) is 119 Å². The lowest BCUT2D eigenvalue weighted by molar-refractivity contribution is -0.384. The number of nitro groups is 1. The molecule has 0 radical (unpaired) electrons. The number of hydrogen-bond acceptors (Lipinski definition) is 9. The maximum absolute atomic E-state index is 11.5. The molecule has 0 aromatic heterocycles. The average molecular weight is 535 g/mol. The first kappa shape index (κ1) is 26.4. The summed E-state index contributed by atoms with van der Waals surface area (Å²) in [6, 6.07) is 28.9. The van der Waals surface area contributed by atoms with Crippen LogP contribution in [0.4, 0.5) is 28.4 Å². The lowest BCUT2D eigenvalue weighted by Crippen LogP contribution is -2.27. The third-order valence-corrected chi connectivity index (χ3v) is 7.89. The number of non-ortho nitro benzene ring substituents is 1. The van der Waals surface area contributed by atoms with Gasteiger partial charge in [-0.15, -0.1) is 0 Å². The summed E-state index contributed by atoms with van der Waals surface area (Å²) in [6.45, 7) is 0. The molecule has 11 heteroatoms. The van der Waals surface area contributed by atoms with Gasteiger partial charge in [-0.2, -0.15) is 0 Å². The van der Waals surface area contributed by atoms with Crippen LogP contribution < -0.4 is 34.6 Å². The van der Waals surface area contributed by atoms with Crippen LogP contribution in [0.2, 0.25) is 0 Å². The highest BCUT2D eigenvalue weighted by Gasteiger charge is 2.41. The number of rotatable bonds is 12. The van der Waals surface area contributed by atoms with Crippen LogP contribution in [0.5, 0.6) is 17.2 Å². The van der Waals surface area contributed by atoms with E-state index in [9.17, 15) is 10.1 Å². The molecule has 0 saturated heterocycles. The summed E-state index contributed by atoms with van der Waals surface area (Å²) in [5.74, 6) is 2.16. The number of methoxy groups -OCH3 is 3. The minimum absolute atomic E-state index is 0.0218. The summed E-state index contributed by atoms with van der Waals surface area (Å²) in [7, 11) is 1.98. The number of nitrogens with one attached hydrogen (secondary N) is 4. The molecule has 4 aromatic rings. The Hall–Kier alpha value is -4.69. The molecule has 0 bridgehead atoms. The van der Waals surface area contributed by atoms with Crippen molar-refractivity contribution in [3.05, 3.63) is 107 Å². The molecule has 10 nitrogen and oxygen atoms in total. The second kappa shape index (κ2) is 12.0. The van der Waals surface area contributed by atoms with Crippen molar-refractivity contribution >= 4 is 36.3 Å². The highest BCUT2D eigenvalue weighted by Crippen LogP contribution is 2.57. The maximum atomic E-state index is 11.5. The molecule has 4 aromatic carbocycles. The molecule has 4 N–H and O–H groups in total. The Morgan fingerprint density at radius 1 is 0.579 bits per heavy atom. The molecule has 0 amide bonds. The van der Waals surface area contributed by atoms with Crippen LogP contribution in [-0.4, -0.2) is 26.3 Å². The van der Waals surface area contributed by atoms with Gasteiger partial charge in [0.05, 0.1) is 49.0 Å². The van der Waals surface area contributed by atoms with Gasteiger partial charge < -0.3 is 14.2 Å². The molecule has 0 heterocycles. The van der Waals surface area contributed by atoms with Gasteiger partial charge >= 0.3 is 7.87 Å². The van der Waals surface area contributed by atoms with E-state index in [4.69, 9.17) is 14.2 Å². The molecule has 196 valence electrons. The molecule has 38 heavy (non-hydrogen) atoms. The summed E-state index contributed by atoms with van der Waals surface area (Å²) >= 11 is 0. The second-order valence-electron chi connectivity index (χ2n) is 8.11. The fourth-order valence-electron chi connectivity index (χ4n) is 3.63. The van der Waals surface area contributed by atoms with E-state index >= 15 is 0 Å². The number of nitro benzene ring substituents is 1. The van der Waals surface area contributed by atoms with Crippen molar-refractivity contribution < 1.29 is 19.1 Å². The van der Waals surface area contributed by atoms with Gasteiger partial charge in [0.25, 0.3) is 5.69 Å². The summed E-state index contributed by atoms with van der Waals surface area (Å²) < 4.78 is 15.9. The van der Waals surface area contributed by atoms with Crippen molar-refractivity contribution in [3.8, 4) is 17.2 Å². The van der Waals surface area contributed by atoms with E-state index in [0.717, 1.165) is 34.3 Å². The van der Waals surface area contributed by atoms with Gasteiger partial charge in [0.2, 0.25) is 0 Å². The van der Waals surface area contributed by atoms with Crippen molar-refractivity contribution in [2.24, 2.45) is 0 Å². The number of hydrogen-bond donors (Lipinski definition) is 4. The van der Waals surface area contributed by atoms with Gasteiger partial charge in [0, 0.05) is 12.1 Å². The first-order chi connectivity index (χ1) is 18.4. The highest BCUT2D eigenvalue weighted by atomic mass is 31.2. The van der Waals surface area contributed by atoms with Gasteiger partial charge in [-0.3, -0.25) is 10.1 Å². The van der Waals surface area contributed by atoms with Gasteiger partial charge in [0.1, 0.15) is 17.2 Å². The van der Waals surface area contributed by atoms with E-state index in [-0.39, 0.29) is 5.69 Å². The molecule has 0 unspecified atom stereocenters. The first-order valence-corrected chi connectivity index (χ1v) is 13.4. The zero-order valence-electron chi connectivity index (χ0n) is 21.2. The van der Waals surface area contributed by atoms with Crippen LogP contribution in [0.1, 0.15) is 0 Å². The van der Waals surface area contributed by atoms with Crippen LogP contribution in [0.15, 0.2) is 97.1 Å². The minimum Gasteiger partial charge on any atom is -0.497 e. The molecule has 0 fully saturated rings. The van der Waals surface area contributed by atoms with Crippen molar-refractivity contribution in [2.75, 3.05) is 41.7 Å².